The van der Waals surface area contributed by atoms with Gasteiger partial charge in [0.1, 0.15) is 0 Å². The minimum absolute atomic E-state index is 0.149. The van der Waals surface area contributed by atoms with Crippen LogP contribution in [0.3, 0.4) is 0 Å². The maximum Gasteiger partial charge on any atom is 0.0689 e. The van der Waals surface area contributed by atoms with Crippen molar-refractivity contribution in [2.75, 3.05) is 17.3 Å². The average molecular weight is 222 g/mol. The highest BCUT2D eigenvalue weighted by Gasteiger charge is 2.21. The molecule has 0 bridgehead atoms. The summed E-state index contributed by atoms with van der Waals surface area (Å²) in [4.78, 5) is 0. The molecule has 0 aliphatic heterocycles. The highest BCUT2D eigenvalue weighted by molar-refractivity contribution is 8.03. The van der Waals surface area contributed by atoms with E-state index in [1.54, 1.807) is 0 Å². The summed E-state index contributed by atoms with van der Waals surface area (Å²) < 4.78 is 0. The van der Waals surface area contributed by atoms with Gasteiger partial charge in [-0.15, -0.1) is 0 Å². The van der Waals surface area contributed by atoms with Gasteiger partial charge in [0.15, 0.2) is 0 Å². The molecule has 0 aromatic rings. The molecule has 0 rings (SSSR count). The first-order valence-corrected chi connectivity index (χ1v) is 7.21. The largest absolute Gasteiger partial charge is 0.392 e. The van der Waals surface area contributed by atoms with E-state index < -0.39 is 0 Å². The Morgan fingerprint density at radius 1 is 1.15 bits per heavy atom. The van der Waals surface area contributed by atoms with Gasteiger partial charge >= 0.3 is 0 Å². The van der Waals surface area contributed by atoms with E-state index in [0.717, 1.165) is 17.3 Å². The van der Waals surface area contributed by atoms with Gasteiger partial charge in [-0.1, -0.05) is 27.7 Å². The first-order valence-electron chi connectivity index (χ1n) is 5.00. The van der Waals surface area contributed by atoms with Crippen molar-refractivity contribution >= 4 is 23.5 Å². The standard InChI is InChI=1S/C10H22OS2/c1-5-12-7-9(13-6-2)10(11)8(3)4/h8-11H,5-7H2,1-4H3. The molecule has 0 saturated heterocycles. The molecular formula is C10H22OS2. The zero-order valence-corrected chi connectivity index (χ0v) is 10.8. The lowest BCUT2D eigenvalue weighted by atomic mass is 10.1. The lowest BCUT2D eigenvalue weighted by molar-refractivity contribution is 0.128. The predicted octanol–water partition coefficient (Wildman–Crippen LogP) is 2.88. The Balaban J connectivity index is 3.90. The van der Waals surface area contributed by atoms with Crippen LogP contribution in [0.5, 0.6) is 0 Å². The minimum atomic E-state index is -0.149. The van der Waals surface area contributed by atoms with Gasteiger partial charge in [-0.05, 0) is 17.4 Å². The average Bonchev–Trinajstić information content (AvgIpc) is 2.11. The molecule has 0 radical (unpaired) electrons. The van der Waals surface area contributed by atoms with Gasteiger partial charge in [-0.2, -0.15) is 23.5 Å². The van der Waals surface area contributed by atoms with Crippen LogP contribution in [-0.2, 0) is 0 Å². The zero-order chi connectivity index (χ0) is 10.3. The van der Waals surface area contributed by atoms with Gasteiger partial charge in [-0.25, -0.2) is 0 Å². The Hall–Kier alpha value is 0.660. The van der Waals surface area contributed by atoms with Crippen molar-refractivity contribution in [3.63, 3.8) is 0 Å². The summed E-state index contributed by atoms with van der Waals surface area (Å²) in [5, 5.41) is 10.3. The number of hydrogen-bond donors (Lipinski definition) is 1. The van der Waals surface area contributed by atoms with Gasteiger partial charge in [0.25, 0.3) is 0 Å². The summed E-state index contributed by atoms with van der Waals surface area (Å²) in [6.07, 6.45) is -0.149. The van der Waals surface area contributed by atoms with Crippen LogP contribution in [0.1, 0.15) is 27.7 Å². The number of hydrogen-bond acceptors (Lipinski definition) is 3. The third kappa shape index (κ3) is 5.87. The van der Waals surface area contributed by atoms with Crippen molar-refractivity contribution in [2.45, 2.75) is 39.0 Å². The molecule has 2 atom stereocenters. The second kappa shape index (κ2) is 8.01. The van der Waals surface area contributed by atoms with E-state index in [1.165, 1.54) is 0 Å². The summed E-state index contributed by atoms with van der Waals surface area (Å²) in [7, 11) is 0. The summed E-state index contributed by atoms with van der Waals surface area (Å²) in [5.74, 6) is 3.69. The number of rotatable bonds is 7. The first kappa shape index (κ1) is 13.7. The van der Waals surface area contributed by atoms with Crippen molar-refractivity contribution in [1.29, 1.82) is 0 Å². The van der Waals surface area contributed by atoms with E-state index in [9.17, 15) is 5.11 Å². The molecule has 2 unspecified atom stereocenters. The van der Waals surface area contributed by atoms with Crippen LogP contribution < -0.4 is 0 Å². The van der Waals surface area contributed by atoms with Crippen molar-refractivity contribution in [1.82, 2.24) is 0 Å². The second-order valence-electron chi connectivity index (χ2n) is 3.39. The molecule has 0 heterocycles. The second-order valence-corrected chi connectivity index (χ2v) is 6.22. The van der Waals surface area contributed by atoms with Gasteiger partial charge in [0.05, 0.1) is 6.10 Å². The molecule has 1 nitrogen and oxygen atoms in total. The third-order valence-corrected chi connectivity index (χ3v) is 4.35. The minimum Gasteiger partial charge on any atom is -0.392 e. The maximum atomic E-state index is 9.91. The number of aliphatic hydroxyl groups excluding tert-OH is 1. The summed E-state index contributed by atoms with van der Waals surface area (Å²) in [5.41, 5.74) is 0. The highest BCUT2D eigenvalue weighted by atomic mass is 32.2. The Morgan fingerprint density at radius 2 is 1.77 bits per heavy atom. The molecule has 0 aliphatic rings. The van der Waals surface area contributed by atoms with E-state index in [1.807, 2.05) is 23.5 Å². The van der Waals surface area contributed by atoms with Gasteiger partial charge in [-0.3, -0.25) is 0 Å². The molecule has 0 spiro atoms. The van der Waals surface area contributed by atoms with Crippen LogP contribution in [0.4, 0.5) is 0 Å². The molecule has 0 amide bonds. The maximum absolute atomic E-state index is 9.91. The van der Waals surface area contributed by atoms with Crippen LogP contribution >= 0.6 is 23.5 Å². The van der Waals surface area contributed by atoms with Gasteiger partial charge in [0.2, 0.25) is 0 Å². The van der Waals surface area contributed by atoms with Crippen LogP contribution in [0.2, 0.25) is 0 Å². The van der Waals surface area contributed by atoms with E-state index in [2.05, 4.69) is 27.7 Å². The quantitative estimate of drug-likeness (QED) is 0.715. The van der Waals surface area contributed by atoms with Crippen LogP contribution in [0.15, 0.2) is 0 Å². The molecule has 0 fully saturated rings. The fraction of sp³-hybridized carbons (Fsp3) is 1.00. The predicted molar refractivity (Wildman–Crippen MR) is 65.8 cm³/mol. The third-order valence-electron chi connectivity index (χ3n) is 1.93. The van der Waals surface area contributed by atoms with Crippen LogP contribution in [0, 0.1) is 5.92 Å². The molecule has 80 valence electrons. The Bertz CT molecular complexity index is 117. The van der Waals surface area contributed by atoms with E-state index in [-0.39, 0.29) is 6.10 Å². The lowest BCUT2D eigenvalue weighted by Gasteiger charge is -2.24. The molecule has 3 heteroatoms. The first-order chi connectivity index (χ1) is 6.13. The van der Waals surface area contributed by atoms with Crippen molar-refractivity contribution < 1.29 is 5.11 Å². The smallest absolute Gasteiger partial charge is 0.0689 e. The summed E-state index contributed by atoms with van der Waals surface area (Å²) in [6, 6.07) is 0. The monoisotopic (exact) mass is 222 g/mol. The van der Waals surface area contributed by atoms with Gasteiger partial charge < -0.3 is 5.11 Å². The SMILES string of the molecule is CCSCC(SCC)C(O)C(C)C. The number of thioether (sulfide) groups is 2. The Kier molecular flexibility index (Phi) is 8.42. The molecular weight excluding hydrogens is 200 g/mol. The lowest BCUT2D eigenvalue weighted by Crippen LogP contribution is -2.30. The fourth-order valence-corrected chi connectivity index (χ4v) is 3.40. The summed E-state index contributed by atoms with van der Waals surface area (Å²) in [6.45, 7) is 8.50. The van der Waals surface area contributed by atoms with Crippen LogP contribution in [-0.4, -0.2) is 33.7 Å². The Labute approximate surface area is 91.1 Å². The topological polar surface area (TPSA) is 20.2 Å². The fourth-order valence-electron chi connectivity index (χ4n) is 1.12. The highest BCUT2D eigenvalue weighted by Crippen LogP contribution is 2.23. The Morgan fingerprint density at radius 3 is 2.15 bits per heavy atom. The van der Waals surface area contributed by atoms with Crippen LogP contribution in [0.25, 0.3) is 0 Å². The van der Waals surface area contributed by atoms with Gasteiger partial charge in [0, 0.05) is 11.0 Å². The zero-order valence-electron chi connectivity index (χ0n) is 9.12. The molecule has 0 saturated carbocycles. The number of aliphatic hydroxyl groups is 1. The molecule has 0 aromatic heterocycles. The van der Waals surface area contributed by atoms with Crippen molar-refractivity contribution in [3.05, 3.63) is 0 Å². The normalized spacial score (nSPS) is 16.2. The molecule has 13 heavy (non-hydrogen) atoms. The van der Waals surface area contributed by atoms with E-state index in [0.29, 0.717) is 11.2 Å². The molecule has 0 aliphatic carbocycles. The van der Waals surface area contributed by atoms with E-state index in [4.69, 9.17) is 0 Å². The van der Waals surface area contributed by atoms with Crippen molar-refractivity contribution in [2.24, 2.45) is 5.92 Å². The summed E-state index contributed by atoms with van der Waals surface area (Å²) >= 11 is 3.80. The van der Waals surface area contributed by atoms with Crippen molar-refractivity contribution in [3.8, 4) is 0 Å². The molecule has 1 N–H and O–H groups in total. The molecule has 0 aromatic carbocycles. The van der Waals surface area contributed by atoms with E-state index >= 15 is 0 Å².